The number of ether oxygens (including phenoxy) is 1. The first-order valence-electron chi connectivity index (χ1n) is 10.1. The third kappa shape index (κ3) is 3.08. The van der Waals surface area contributed by atoms with Gasteiger partial charge in [0.05, 0.1) is 23.6 Å². The summed E-state index contributed by atoms with van der Waals surface area (Å²) >= 11 is 0. The Morgan fingerprint density at radius 2 is 1.81 bits per heavy atom. The van der Waals surface area contributed by atoms with Crippen molar-refractivity contribution in [2.75, 3.05) is 11.5 Å². The van der Waals surface area contributed by atoms with Crippen LogP contribution < -0.4 is 15.1 Å². The molecule has 1 amide bonds. The van der Waals surface area contributed by atoms with Crippen LogP contribution in [0, 0.1) is 6.92 Å². The lowest BCUT2D eigenvalue weighted by atomic mass is 9.98. The quantitative estimate of drug-likeness (QED) is 0.488. The number of nitrogens with zero attached hydrogens (tertiary/aromatic N) is 2. The smallest absolute Gasteiger partial charge is 0.296 e. The van der Waals surface area contributed by atoms with Gasteiger partial charge >= 0.3 is 0 Å². The molecule has 0 aliphatic carbocycles. The Hall–Kier alpha value is -3.93. The molecule has 1 aliphatic rings. The molecule has 2 aromatic heterocycles. The Balaban J connectivity index is 1.75. The van der Waals surface area contributed by atoms with Crippen molar-refractivity contribution in [3.05, 3.63) is 99.5 Å². The van der Waals surface area contributed by atoms with Gasteiger partial charge in [-0.15, -0.1) is 0 Å². The van der Waals surface area contributed by atoms with Crippen molar-refractivity contribution in [1.29, 1.82) is 0 Å². The van der Waals surface area contributed by atoms with Crippen LogP contribution in [0.15, 0.2) is 76.1 Å². The molecule has 31 heavy (non-hydrogen) atoms. The predicted molar refractivity (Wildman–Crippen MR) is 118 cm³/mol. The van der Waals surface area contributed by atoms with E-state index in [1.165, 1.54) is 4.90 Å². The summed E-state index contributed by atoms with van der Waals surface area (Å²) in [6, 6.07) is 17.4. The number of aromatic nitrogens is 1. The van der Waals surface area contributed by atoms with Crippen molar-refractivity contribution >= 4 is 22.7 Å². The maximum absolute atomic E-state index is 13.5. The van der Waals surface area contributed by atoms with E-state index in [1.807, 2.05) is 44.2 Å². The van der Waals surface area contributed by atoms with E-state index in [-0.39, 0.29) is 17.1 Å². The third-order valence-corrected chi connectivity index (χ3v) is 5.43. The van der Waals surface area contributed by atoms with E-state index in [0.717, 1.165) is 16.9 Å². The van der Waals surface area contributed by atoms with Gasteiger partial charge in [-0.25, -0.2) is 4.98 Å². The van der Waals surface area contributed by atoms with E-state index in [9.17, 15) is 9.59 Å². The van der Waals surface area contributed by atoms with Crippen molar-refractivity contribution in [3.63, 3.8) is 0 Å². The minimum absolute atomic E-state index is 0.0601. The van der Waals surface area contributed by atoms with Gasteiger partial charge in [0.2, 0.25) is 5.76 Å². The number of benzene rings is 2. The van der Waals surface area contributed by atoms with Gasteiger partial charge in [-0.1, -0.05) is 30.3 Å². The number of hydrogen-bond donors (Lipinski definition) is 0. The van der Waals surface area contributed by atoms with E-state index in [2.05, 4.69) is 4.98 Å². The summed E-state index contributed by atoms with van der Waals surface area (Å²) in [7, 11) is 0. The number of carbonyl (C=O) groups excluding carboxylic acids is 1. The first-order valence-corrected chi connectivity index (χ1v) is 10.1. The topological polar surface area (TPSA) is 72.6 Å². The maximum Gasteiger partial charge on any atom is 0.296 e. The number of pyridine rings is 1. The molecule has 1 aliphatic heterocycles. The Morgan fingerprint density at radius 3 is 2.52 bits per heavy atom. The highest BCUT2D eigenvalue weighted by molar-refractivity contribution is 6.10. The Morgan fingerprint density at radius 1 is 1.03 bits per heavy atom. The molecular formula is C25H20N2O4. The zero-order chi connectivity index (χ0) is 21.5. The number of carbonyl (C=O) groups is 1. The minimum Gasteiger partial charge on any atom is -0.494 e. The summed E-state index contributed by atoms with van der Waals surface area (Å²) in [5.74, 6) is 0.865. The Kier molecular flexibility index (Phi) is 4.55. The highest BCUT2D eigenvalue weighted by Gasteiger charge is 2.44. The van der Waals surface area contributed by atoms with Crippen molar-refractivity contribution in [3.8, 4) is 5.75 Å². The van der Waals surface area contributed by atoms with Gasteiger partial charge in [0, 0.05) is 6.20 Å². The van der Waals surface area contributed by atoms with E-state index in [1.54, 1.807) is 36.5 Å². The van der Waals surface area contributed by atoms with Crippen molar-refractivity contribution in [2.45, 2.75) is 19.9 Å². The molecule has 0 saturated heterocycles. The summed E-state index contributed by atoms with van der Waals surface area (Å²) in [5.41, 5.74) is 2.27. The number of amides is 1. The first-order chi connectivity index (χ1) is 15.1. The van der Waals surface area contributed by atoms with Crippen LogP contribution in [-0.4, -0.2) is 17.5 Å². The monoisotopic (exact) mass is 412 g/mol. The molecule has 1 unspecified atom stereocenters. The second-order valence-electron chi connectivity index (χ2n) is 7.44. The van der Waals surface area contributed by atoms with E-state index >= 15 is 0 Å². The summed E-state index contributed by atoms with van der Waals surface area (Å²) < 4.78 is 11.5. The number of fused-ring (bicyclic) bond motifs is 2. The normalized spacial score (nSPS) is 15.4. The number of anilines is 1. The largest absolute Gasteiger partial charge is 0.494 e. The molecule has 0 spiro atoms. The molecular weight excluding hydrogens is 392 g/mol. The molecule has 0 N–H and O–H groups in total. The molecule has 4 aromatic rings. The number of aryl methyl sites for hydroxylation is 1. The van der Waals surface area contributed by atoms with Gasteiger partial charge in [0.15, 0.2) is 5.43 Å². The lowest BCUT2D eigenvalue weighted by molar-refractivity contribution is 0.0970. The van der Waals surface area contributed by atoms with Gasteiger partial charge in [0.25, 0.3) is 5.91 Å². The van der Waals surface area contributed by atoms with Gasteiger partial charge in [-0.3, -0.25) is 14.5 Å². The fraction of sp³-hybridized carbons (Fsp3) is 0.160. The molecule has 5 rings (SSSR count). The molecule has 0 saturated carbocycles. The van der Waals surface area contributed by atoms with Crippen molar-refractivity contribution in [2.24, 2.45) is 0 Å². The van der Waals surface area contributed by atoms with E-state index in [0.29, 0.717) is 29.0 Å². The molecule has 0 bridgehead atoms. The van der Waals surface area contributed by atoms with Gasteiger partial charge in [-0.2, -0.15) is 0 Å². The fourth-order valence-electron chi connectivity index (χ4n) is 3.99. The average Bonchev–Trinajstić information content (AvgIpc) is 3.08. The summed E-state index contributed by atoms with van der Waals surface area (Å²) in [4.78, 5) is 32.9. The second kappa shape index (κ2) is 7.40. The first kappa shape index (κ1) is 19.1. The average molecular weight is 412 g/mol. The molecule has 6 heteroatoms. The van der Waals surface area contributed by atoms with Crippen LogP contribution in [0.1, 0.15) is 40.2 Å². The number of para-hydroxylation sites is 1. The van der Waals surface area contributed by atoms with Crippen LogP contribution in [0.4, 0.5) is 5.82 Å². The van der Waals surface area contributed by atoms with E-state index < -0.39 is 6.04 Å². The molecule has 0 fully saturated rings. The van der Waals surface area contributed by atoms with Crippen molar-refractivity contribution in [1.82, 2.24) is 4.98 Å². The summed E-state index contributed by atoms with van der Waals surface area (Å²) in [6.45, 7) is 4.40. The van der Waals surface area contributed by atoms with Gasteiger partial charge in [-0.05, 0) is 55.3 Å². The van der Waals surface area contributed by atoms with Crippen LogP contribution in [0.2, 0.25) is 0 Å². The minimum atomic E-state index is -0.644. The lowest BCUT2D eigenvalue weighted by Gasteiger charge is -2.24. The summed E-state index contributed by atoms with van der Waals surface area (Å²) in [5, 5.41) is 0.448. The Bertz CT molecular complexity index is 1340. The zero-order valence-corrected chi connectivity index (χ0v) is 17.2. The maximum atomic E-state index is 13.5. The highest BCUT2D eigenvalue weighted by Crippen LogP contribution is 2.40. The van der Waals surface area contributed by atoms with Gasteiger partial charge < -0.3 is 9.15 Å². The molecule has 0 radical (unpaired) electrons. The van der Waals surface area contributed by atoms with Crippen LogP contribution in [-0.2, 0) is 0 Å². The fourth-order valence-corrected chi connectivity index (χ4v) is 3.99. The Labute approximate surface area is 178 Å². The SMILES string of the molecule is CCOc1ccc(C2c3c(oc4ccccc4c3=O)C(=O)N2c2ccc(C)cn2)cc1. The molecule has 2 aromatic carbocycles. The lowest BCUT2D eigenvalue weighted by Crippen LogP contribution is -2.30. The van der Waals surface area contributed by atoms with Crippen LogP contribution >= 0.6 is 0 Å². The van der Waals surface area contributed by atoms with Crippen LogP contribution in [0.25, 0.3) is 11.0 Å². The number of hydrogen-bond acceptors (Lipinski definition) is 5. The predicted octanol–water partition coefficient (Wildman–Crippen LogP) is 4.64. The second-order valence-corrected chi connectivity index (χ2v) is 7.44. The van der Waals surface area contributed by atoms with Crippen LogP contribution in [0.5, 0.6) is 5.75 Å². The van der Waals surface area contributed by atoms with Crippen LogP contribution in [0.3, 0.4) is 0 Å². The van der Waals surface area contributed by atoms with Crippen molar-refractivity contribution < 1.29 is 13.9 Å². The standard InChI is InChI=1S/C25H20N2O4/c1-3-30-17-11-9-16(10-12-17)22-21-23(28)18-6-4-5-7-19(18)31-24(21)25(29)27(22)20-13-8-15(2)14-26-20/h4-14,22H,3H2,1-2H3. The zero-order valence-electron chi connectivity index (χ0n) is 17.2. The highest BCUT2D eigenvalue weighted by atomic mass is 16.5. The number of rotatable bonds is 4. The molecule has 1 atom stereocenters. The van der Waals surface area contributed by atoms with E-state index in [4.69, 9.17) is 9.15 Å². The molecule has 154 valence electrons. The molecule has 6 nitrogen and oxygen atoms in total. The third-order valence-electron chi connectivity index (χ3n) is 5.43. The van der Waals surface area contributed by atoms with Gasteiger partial charge in [0.1, 0.15) is 17.2 Å². The molecule has 3 heterocycles. The summed E-state index contributed by atoms with van der Waals surface area (Å²) in [6.07, 6.45) is 1.70.